The van der Waals surface area contributed by atoms with Gasteiger partial charge < -0.3 is 9.84 Å². The number of aryl methyl sites for hydroxylation is 1. The van der Waals surface area contributed by atoms with Gasteiger partial charge in [0.2, 0.25) is 0 Å². The van der Waals surface area contributed by atoms with Crippen LogP contribution in [0.2, 0.25) is 0 Å². The van der Waals surface area contributed by atoms with Gasteiger partial charge in [-0.15, -0.1) is 0 Å². The zero-order chi connectivity index (χ0) is 16.7. The molecule has 0 spiro atoms. The van der Waals surface area contributed by atoms with Crippen LogP contribution in [0.5, 0.6) is 5.75 Å². The summed E-state index contributed by atoms with van der Waals surface area (Å²) in [4.78, 5) is 22.3. The molecule has 2 aromatic rings. The largest absolute Gasteiger partial charge is 0.484 e. The van der Waals surface area contributed by atoms with Crippen LogP contribution in [0.15, 0.2) is 53.6 Å². The second-order valence-corrected chi connectivity index (χ2v) is 4.83. The molecule has 0 radical (unpaired) electrons. The Labute approximate surface area is 133 Å². The highest BCUT2D eigenvalue weighted by molar-refractivity contribution is 5.89. The van der Waals surface area contributed by atoms with Crippen molar-refractivity contribution in [3.8, 4) is 5.75 Å². The molecule has 0 aliphatic carbocycles. The number of hydrogen-bond acceptors (Lipinski definition) is 4. The van der Waals surface area contributed by atoms with Crippen molar-refractivity contribution in [3.63, 3.8) is 0 Å². The molecule has 6 heteroatoms. The Morgan fingerprint density at radius 2 is 1.96 bits per heavy atom. The summed E-state index contributed by atoms with van der Waals surface area (Å²) in [5, 5.41) is 12.6. The molecule has 0 fully saturated rings. The Morgan fingerprint density at radius 3 is 2.61 bits per heavy atom. The van der Waals surface area contributed by atoms with E-state index in [1.165, 1.54) is 18.3 Å². The van der Waals surface area contributed by atoms with E-state index in [2.05, 4.69) is 10.5 Å². The quantitative estimate of drug-likeness (QED) is 0.632. The number of carboxylic acid groups (broad SMARTS) is 1. The van der Waals surface area contributed by atoms with Gasteiger partial charge in [-0.3, -0.25) is 4.79 Å². The van der Waals surface area contributed by atoms with Gasteiger partial charge in [0.25, 0.3) is 5.91 Å². The van der Waals surface area contributed by atoms with E-state index in [9.17, 15) is 9.59 Å². The number of carbonyl (C=O) groups excluding carboxylic acids is 1. The Kier molecular flexibility index (Phi) is 5.46. The van der Waals surface area contributed by atoms with Crippen LogP contribution in [0.4, 0.5) is 0 Å². The van der Waals surface area contributed by atoms with Crippen molar-refractivity contribution in [3.05, 3.63) is 65.2 Å². The van der Waals surface area contributed by atoms with Gasteiger partial charge >= 0.3 is 5.97 Å². The molecule has 23 heavy (non-hydrogen) atoms. The molecule has 0 aliphatic heterocycles. The highest BCUT2D eigenvalue weighted by atomic mass is 16.5. The molecule has 1 amide bonds. The second-order valence-electron chi connectivity index (χ2n) is 4.83. The standard InChI is InChI=1S/C17H16N2O4/c1-12-3-2-4-15(9-12)23-11-16(20)19-18-10-13-5-7-14(8-6-13)17(21)22/h2-10H,11H2,1H3,(H,19,20)(H,21,22). The molecule has 2 aromatic carbocycles. The number of nitrogens with zero attached hydrogens (tertiary/aromatic N) is 1. The lowest BCUT2D eigenvalue weighted by atomic mass is 10.1. The third-order valence-electron chi connectivity index (χ3n) is 2.92. The molecule has 6 nitrogen and oxygen atoms in total. The first-order valence-corrected chi connectivity index (χ1v) is 6.89. The Bertz CT molecular complexity index is 724. The van der Waals surface area contributed by atoms with Gasteiger partial charge in [0.05, 0.1) is 11.8 Å². The highest BCUT2D eigenvalue weighted by Crippen LogP contribution is 2.11. The van der Waals surface area contributed by atoms with Crippen LogP contribution in [0.1, 0.15) is 21.5 Å². The summed E-state index contributed by atoms with van der Waals surface area (Å²) in [6.45, 7) is 1.80. The smallest absolute Gasteiger partial charge is 0.335 e. The zero-order valence-corrected chi connectivity index (χ0v) is 12.5. The summed E-state index contributed by atoms with van der Waals surface area (Å²) in [5.41, 5.74) is 4.26. The van der Waals surface area contributed by atoms with E-state index < -0.39 is 5.97 Å². The van der Waals surface area contributed by atoms with Crippen molar-refractivity contribution in [2.24, 2.45) is 5.10 Å². The molecule has 0 unspecified atom stereocenters. The van der Waals surface area contributed by atoms with E-state index >= 15 is 0 Å². The van der Waals surface area contributed by atoms with Gasteiger partial charge in [0.1, 0.15) is 5.75 Å². The van der Waals surface area contributed by atoms with Crippen LogP contribution < -0.4 is 10.2 Å². The zero-order valence-electron chi connectivity index (χ0n) is 12.5. The summed E-state index contributed by atoms with van der Waals surface area (Å²) in [7, 11) is 0. The average Bonchev–Trinajstić information content (AvgIpc) is 2.53. The summed E-state index contributed by atoms with van der Waals surface area (Å²) in [6.07, 6.45) is 1.43. The average molecular weight is 312 g/mol. The number of benzene rings is 2. The van der Waals surface area contributed by atoms with Gasteiger partial charge in [-0.25, -0.2) is 10.2 Å². The Morgan fingerprint density at radius 1 is 1.22 bits per heavy atom. The molecule has 2 rings (SSSR count). The predicted octanol–water partition coefficient (Wildman–Crippen LogP) is 2.22. The maximum Gasteiger partial charge on any atom is 0.335 e. The van der Waals surface area contributed by atoms with Crippen molar-refractivity contribution < 1.29 is 19.4 Å². The predicted molar refractivity (Wildman–Crippen MR) is 85.8 cm³/mol. The van der Waals surface area contributed by atoms with Crippen LogP contribution in [-0.2, 0) is 4.79 Å². The number of carboxylic acids is 1. The SMILES string of the molecule is Cc1cccc(OCC(=O)NN=Cc2ccc(C(=O)O)cc2)c1. The molecule has 0 aromatic heterocycles. The molecular weight excluding hydrogens is 296 g/mol. The first kappa shape index (κ1) is 16.2. The fourth-order valence-corrected chi connectivity index (χ4v) is 1.78. The maximum absolute atomic E-state index is 11.6. The molecule has 0 atom stereocenters. The van der Waals surface area contributed by atoms with Crippen LogP contribution in [0.3, 0.4) is 0 Å². The van der Waals surface area contributed by atoms with Gasteiger partial charge in [-0.2, -0.15) is 5.10 Å². The minimum atomic E-state index is -0.991. The minimum absolute atomic E-state index is 0.140. The van der Waals surface area contributed by atoms with Crippen molar-refractivity contribution in [2.45, 2.75) is 6.92 Å². The maximum atomic E-state index is 11.6. The highest BCUT2D eigenvalue weighted by Gasteiger charge is 2.02. The number of rotatable bonds is 6. The molecule has 0 heterocycles. The van der Waals surface area contributed by atoms with Gasteiger partial charge in [0.15, 0.2) is 6.61 Å². The first-order chi connectivity index (χ1) is 11.0. The van der Waals surface area contributed by atoms with E-state index in [1.54, 1.807) is 18.2 Å². The number of carbonyl (C=O) groups is 2. The van der Waals surface area contributed by atoms with Crippen LogP contribution in [0.25, 0.3) is 0 Å². The summed E-state index contributed by atoms with van der Waals surface area (Å²) in [6, 6.07) is 13.5. The second kappa shape index (κ2) is 7.74. The lowest BCUT2D eigenvalue weighted by Gasteiger charge is -2.05. The molecular formula is C17H16N2O4. The minimum Gasteiger partial charge on any atom is -0.484 e. The molecule has 0 aliphatic rings. The third-order valence-corrected chi connectivity index (χ3v) is 2.92. The fourth-order valence-electron chi connectivity index (χ4n) is 1.78. The molecule has 0 saturated heterocycles. The van der Waals surface area contributed by atoms with Crippen molar-refractivity contribution in [2.75, 3.05) is 6.61 Å². The Balaban J connectivity index is 1.80. The monoisotopic (exact) mass is 312 g/mol. The van der Waals surface area contributed by atoms with E-state index in [0.717, 1.165) is 5.56 Å². The third kappa shape index (κ3) is 5.28. The first-order valence-electron chi connectivity index (χ1n) is 6.89. The van der Waals surface area contributed by atoms with Gasteiger partial charge in [0, 0.05) is 0 Å². The fraction of sp³-hybridized carbons (Fsp3) is 0.118. The lowest BCUT2D eigenvalue weighted by molar-refractivity contribution is -0.123. The van der Waals surface area contributed by atoms with E-state index in [-0.39, 0.29) is 18.1 Å². The number of hydrazone groups is 1. The molecule has 2 N–H and O–H groups in total. The van der Waals surface area contributed by atoms with Crippen LogP contribution in [0, 0.1) is 6.92 Å². The van der Waals surface area contributed by atoms with E-state index in [4.69, 9.17) is 9.84 Å². The van der Waals surface area contributed by atoms with Crippen LogP contribution in [-0.4, -0.2) is 29.8 Å². The van der Waals surface area contributed by atoms with E-state index in [0.29, 0.717) is 11.3 Å². The normalized spacial score (nSPS) is 10.5. The van der Waals surface area contributed by atoms with Gasteiger partial charge in [-0.05, 0) is 42.3 Å². The molecule has 0 bridgehead atoms. The van der Waals surface area contributed by atoms with Crippen molar-refractivity contribution in [1.29, 1.82) is 0 Å². The number of ether oxygens (including phenoxy) is 1. The summed E-state index contributed by atoms with van der Waals surface area (Å²) < 4.78 is 5.34. The topological polar surface area (TPSA) is 88.0 Å². The number of aromatic carboxylic acids is 1. The molecule has 118 valence electrons. The lowest BCUT2D eigenvalue weighted by Crippen LogP contribution is -2.24. The summed E-state index contributed by atoms with van der Waals surface area (Å²) >= 11 is 0. The van der Waals surface area contributed by atoms with Crippen LogP contribution >= 0.6 is 0 Å². The Hall–Kier alpha value is -3.15. The van der Waals surface area contributed by atoms with E-state index in [1.807, 2.05) is 25.1 Å². The number of hydrogen-bond donors (Lipinski definition) is 2. The number of amides is 1. The van der Waals surface area contributed by atoms with Crippen molar-refractivity contribution >= 4 is 18.1 Å². The van der Waals surface area contributed by atoms with Gasteiger partial charge in [-0.1, -0.05) is 24.3 Å². The molecule has 0 saturated carbocycles. The number of nitrogens with one attached hydrogen (secondary N) is 1. The summed E-state index contributed by atoms with van der Waals surface area (Å²) in [5.74, 6) is -0.756. The van der Waals surface area contributed by atoms with Crippen molar-refractivity contribution in [1.82, 2.24) is 5.43 Å².